The third kappa shape index (κ3) is 7.49. The average Bonchev–Trinajstić information content (AvgIpc) is 2.54. The van der Waals surface area contributed by atoms with Crippen LogP contribution in [0.3, 0.4) is 0 Å². The van der Waals surface area contributed by atoms with Gasteiger partial charge in [0.1, 0.15) is 12.7 Å². The second-order valence-corrected chi connectivity index (χ2v) is 5.66. The van der Waals surface area contributed by atoms with Crippen molar-refractivity contribution in [1.82, 2.24) is 0 Å². The highest BCUT2D eigenvalue weighted by Crippen LogP contribution is 2.29. The standard InChI is InChI=1S/C16H24O11/c1-8(18)23-7-12-13(24-9(2)19)14(25-10(3)20)15(26-11(4)21)16(27-12)22-6-5-17/h12-17H,5-7H2,1-4H3/t12?,13-,14?,15-,16+/m1/s1. The second kappa shape index (κ2) is 10.8. The molecule has 0 spiro atoms. The lowest BCUT2D eigenvalue weighted by Crippen LogP contribution is -2.63. The summed E-state index contributed by atoms with van der Waals surface area (Å²) in [7, 11) is 0. The van der Waals surface area contributed by atoms with Crippen LogP contribution in [-0.4, -0.2) is 79.5 Å². The van der Waals surface area contributed by atoms with Crippen LogP contribution in [0.25, 0.3) is 0 Å². The van der Waals surface area contributed by atoms with Crippen molar-refractivity contribution in [1.29, 1.82) is 0 Å². The summed E-state index contributed by atoms with van der Waals surface area (Å²) >= 11 is 0. The highest BCUT2D eigenvalue weighted by atomic mass is 16.7. The molecule has 2 unspecified atom stereocenters. The van der Waals surface area contributed by atoms with Crippen molar-refractivity contribution in [2.24, 2.45) is 0 Å². The van der Waals surface area contributed by atoms with Crippen LogP contribution in [0, 0.1) is 0 Å². The molecule has 0 saturated carbocycles. The molecular weight excluding hydrogens is 368 g/mol. The Bertz CT molecular complexity index is 546. The van der Waals surface area contributed by atoms with Gasteiger partial charge in [0.05, 0.1) is 13.2 Å². The molecule has 1 aliphatic rings. The molecule has 1 saturated heterocycles. The molecule has 0 radical (unpaired) electrons. The summed E-state index contributed by atoms with van der Waals surface area (Å²) in [6.07, 6.45) is -6.14. The molecule has 0 aromatic carbocycles. The molecule has 1 heterocycles. The van der Waals surface area contributed by atoms with Crippen molar-refractivity contribution < 1.29 is 52.7 Å². The lowest BCUT2D eigenvalue weighted by molar-refractivity contribution is -0.308. The number of carbonyl (C=O) groups is 4. The van der Waals surface area contributed by atoms with Crippen LogP contribution in [0.1, 0.15) is 27.7 Å². The van der Waals surface area contributed by atoms with Crippen LogP contribution in [0.5, 0.6) is 0 Å². The summed E-state index contributed by atoms with van der Waals surface area (Å²) in [4.78, 5) is 45.7. The zero-order valence-electron chi connectivity index (χ0n) is 15.5. The minimum absolute atomic E-state index is 0.173. The van der Waals surface area contributed by atoms with Crippen molar-refractivity contribution in [3.63, 3.8) is 0 Å². The van der Waals surface area contributed by atoms with Gasteiger partial charge in [0, 0.05) is 27.7 Å². The van der Waals surface area contributed by atoms with E-state index in [-0.39, 0.29) is 19.8 Å². The van der Waals surface area contributed by atoms with Gasteiger partial charge in [-0.05, 0) is 0 Å². The number of aliphatic hydroxyl groups excluding tert-OH is 1. The van der Waals surface area contributed by atoms with E-state index >= 15 is 0 Å². The number of hydrogen-bond acceptors (Lipinski definition) is 11. The van der Waals surface area contributed by atoms with Gasteiger partial charge in [-0.2, -0.15) is 0 Å². The van der Waals surface area contributed by atoms with Gasteiger partial charge in [-0.15, -0.1) is 0 Å². The molecule has 27 heavy (non-hydrogen) atoms. The van der Waals surface area contributed by atoms with Gasteiger partial charge in [0.15, 0.2) is 24.6 Å². The quantitative estimate of drug-likeness (QED) is 0.404. The van der Waals surface area contributed by atoms with Crippen molar-refractivity contribution in [2.75, 3.05) is 19.8 Å². The third-order valence-electron chi connectivity index (χ3n) is 3.32. The van der Waals surface area contributed by atoms with E-state index in [1.54, 1.807) is 0 Å². The molecule has 1 N–H and O–H groups in total. The maximum atomic E-state index is 11.6. The molecule has 0 aliphatic carbocycles. The van der Waals surface area contributed by atoms with Gasteiger partial charge in [-0.25, -0.2) is 0 Å². The van der Waals surface area contributed by atoms with Gasteiger partial charge in [0.2, 0.25) is 0 Å². The lowest BCUT2D eigenvalue weighted by Gasteiger charge is -2.43. The smallest absolute Gasteiger partial charge is 0.303 e. The minimum Gasteiger partial charge on any atom is -0.463 e. The number of carbonyl (C=O) groups excluding carboxylic acids is 4. The summed E-state index contributed by atoms with van der Waals surface area (Å²) in [6, 6.07) is 0. The highest BCUT2D eigenvalue weighted by molar-refractivity contribution is 5.68. The molecule has 154 valence electrons. The van der Waals surface area contributed by atoms with E-state index in [4.69, 9.17) is 33.5 Å². The molecule has 0 aromatic rings. The van der Waals surface area contributed by atoms with Crippen molar-refractivity contribution in [3.05, 3.63) is 0 Å². The van der Waals surface area contributed by atoms with Crippen LogP contribution in [0.4, 0.5) is 0 Å². The maximum Gasteiger partial charge on any atom is 0.303 e. The number of hydrogen-bond donors (Lipinski definition) is 1. The first kappa shape index (κ1) is 22.8. The van der Waals surface area contributed by atoms with Gasteiger partial charge in [-0.3, -0.25) is 19.2 Å². The molecular formula is C16H24O11. The Labute approximate surface area is 155 Å². The predicted octanol–water partition coefficient (Wildman–Crippen LogP) is -0.922. The monoisotopic (exact) mass is 392 g/mol. The van der Waals surface area contributed by atoms with Crippen LogP contribution in [0.2, 0.25) is 0 Å². The number of rotatable bonds is 8. The first-order valence-electron chi connectivity index (χ1n) is 8.18. The van der Waals surface area contributed by atoms with E-state index in [9.17, 15) is 19.2 Å². The molecule has 11 heteroatoms. The summed E-state index contributed by atoms with van der Waals surface area (Å²) in [6.45, 7) is 3.68. The Morgan fingerprint density at radius 1 is 0.815 bits per heavy atom. The molecule has 1 fully saturated rings. The fraction of sp³-hybridized carbons (Fsp3) is 0.750. The Morgan fingerprint density at radius 2 is 1.33 bits per heavy atom. The first-order valence-corrected chi connectivity index (χ1v) is 8.18. The Kier molecular flexibility index (Phi) is 9.12. The maximum absolute atomic E-state index is 11.6. The first-order chi connectivity index (χ1) is 12.6. The largest absolute Gasteiger partial charge is 0.463 e. The normalized spacial score (nSPS) is 27.4. The van der Waals surface area contributed by atoms with Gasteiger partial charge in [-0.1, -0.05) is 0 Å². The van der Waals surface area contributed by atoms with Gasteiger partial charge in [0.25, 0.3) is 0 Å². The summed E-state index contributed by atoms with van der Waals surface area (Å²) in [5, 5.41) is 8.98. The van der Waals surface area contributed by atoms with E-state index in [1.807, 2.05) is 0 Å². The summed E-state index contributed by atoms with van der Waals surface area (Å²) < 4.78 is 31.4. The minimum atomic E-state index is -1.28. The van der Waals surface area contributed by atoms with E-state index in [1.165, 1.54) is 6.92 Å². The van der Waals surface area contributed by atoms with Crippen molar-refractivity contribution in [2.45, 2.75) is 58.4 Å². The predicted molar refractivity (Wildman–Crippen MR) is 85.0 cm³/mol. The van der Waals surface area contributed by atoms with E-state index < -0.39 is 54.6 Å². The fourth-order valence-electron chi connectivity index (χ4n) is 2.49. The zero-order valence-corrected chi connectivity index (χ0v) is 15.5. The number of aliphatic hydroxyl groups is 1. The summed E-state index contributed by atoms with van der Waals surface area (Å²) in [5.41, 5.74) is 0. The van der Waals surface area contributed by atoms with Gasteiger partial charge < -0.3 is 33.5 Å². The lowest BCUT2D eigenvalue weighted by atomic mass is 9.98. The summed E-state index contributed by atoms with van der Waals surface area (Å²) in [5.74, 6) is -2.79. The Hall–Kier alpha value is -2.24. The fourth-order valence-corrected chi connectivity index (χ4v) is 2.49. The zero-order chi connectivity index (χ0) is 20.6. The number of ether oxygens (including phenoxy) is 6. The van der Waals surface area contributed by atoms with Crippen molar-refractivity contribution >= 4 is 23.9 Å². The highest BCUT2D eigenvalue weighted by Gasteiger charge is 2.52. The average molecular weight is 392 g/mol. The molecule has 0 bridgehead atoms. The molecule has 0 amide bonds. The molecule has 1 aliphatic heterocycles. The van der Waals surface area contributed by atoms with Crippen LogP contribution in [0.15, 0.2) is 0 Å². The van der Waals surface area contributed by atoms with E-state index in [2.05, 4.69) is 0 Å². The SMILES string of the molecule is CC(=O)OCC1O[C@H](OCCO)[C@H](OC(C)=O)C(OC(C)=O)[C@@H]1OC(C)=O. The molecule has 0 aromatic heterocycles. The number of esters is 4. The Morgan fingerprint density at radius 3 is 1.81 bits per heavy atom. The van der Waals surface area contributed by atoms with Crippen LogP contribution < -0.4 is 0 Å². The van der Waals surface area contributed by atoms with Crippen molar-refractivity contribution in [3.8, 4) is 0 Å². The molecule has 11 nitrogen and oxygen atoms in total. The van der Waals surface area contributed by atoms with Crippen LogP contribution in [-0.2, 0) is 47.6 Å². The van der Waals surface area contributed by atoms with E-state index in [0.717, 1.165) is 20.8 Å². The molecule has 5 atom stereocenters. The van der Waals surface area contributed by atoms with E-state index in [0.29, 0.717) is 0 Å². The van der Waals surface area contributed by atoms with Gasteiger partial charge >= 0.3 is 23.9 Å². The van der Waals surface area contributed by atoms with Crippen LogP contribution >= 0.6 is 0 Å². The topological polar surface area (TPSA) is 144 Å². The molecule has 1 rings (SSSR count). The second-order valence-electron chi connectivity index (χ2n) is 5.66. The Balaban J connectivity index is 3.22. The third-order valence-corrected chi connectivity index (χ3v) is 3.32.